The van der Waals surface area contributed by atoms with Gasteiger partial charge in [0.15, 0.2) is 0 Å². The van der Waals surface area contributed by atoms with Gasteiger partial charge in [0.25, 0.3) is 0 Å². The molecular formula is C16H20N2O. The van der Waals surface area contributed by atoms with E-state index in [-0.39, 0.29) is 0 Å². The monoisotopic (exact) mass is 256 g/mol. The van der Waals surface area contributed by atoms with E-state index in [4.69, 9.17) is 4.74 Å². The standard InChI is InChI=1S/C16H20N2O/c1-12-11-16(14-6-2-3-7-15(14)18-12)17-9-8-13-5-4-10-19-13/h2-3,6-7,11,13H,4-5,8-10H2,1H3,(H,17,18). The van der Waals surface area contributed by atoms with Gasteiger partial charge in [0, 0.05) is 29.9 Å². The van der Waals surface area contributed by atoms with Crippen molar-refractivity contribution in [3.05, 3.63) is 36.0 Å². The van der Waals surface area contributed by atoms with Crippen molar-refractivity contribution in [1.82, 2.24) is 4.98 Å². The number of nitrogens with one attached hydrogen (secondary N) is 1. The molecule has 0 radical (unpaired) electrons. The molecule has 2 heterocycles. The molecule has 0 amide bonds. The van der Waals surface area contributed by atoms with E-state index in [1.54, 1.807) is 0 Å². The van der Waals surface area contributed by atoms with Gasteiger partial charge in [-0.3, -0.25) is 4.98 Å². The summed E-state index contributed by atoms with van der Waals surface area (Å²) in [6, 6.07) is 10.4. The van der Waals surface area contributed by atoms with Crippen molar-refractivity contribution in [3.63, 3.8) is 0 Å². The summed E-state index contributed by atoms with van der Waals surface area (Å²) in [5, 5.41) is 4.73. The maximum atomic E-state index is 5.65. The van der Waals surface area contributed by atoms with Crippen LogP contribution in [-0.2, 0) is 4.74 Å². The second kappa shape index (κ2) is 5.57. The Kier molecular flexibility index (Phi) is 3.65. The Hall–Kier alpha value is -1.61. The van der Waals surface area contributed by atoms with Crippen molar-refractivity contribution < 1.29 is 4.74 Å². The third-order valence-electron chi connectivity index (χ3n) is 3.65. The molecule has 3 rings (SSSR count). The first-order chi connectivity index (χ1) is 9.33. The largest absolute Gasteiger partial charge is 0.384 e. The zero-order chi connectivity index (χ0) is 13.1. The van der Waals surface area contributed by atoms with Crippen molar-refractivity contribution in [3.8, 4) is 0 Å². The van der Waals surface area contributed by atoms with E-state index in [0.717, 1.165) is 30.8 Å². The maximum Gasteiger partial charge on any atom is 0.0725 e. The van der Waals surface area contributed by atoms with Gasteiger partial charge >= 0.3 is 0 Å². The number of hydrogen-bond donors (Lipinski definition) is 1. The fourth-order valence-corrected chi connectivity index (χ4v) is 2.69. The summed E-state index contributed by atoms with van der Waals surface area (Å²) in [5.74, 6) is 0. The number of fused-ring (bicyclic) bond motifs is 1. The number of aryl methyl sites for hydroxylation is 1. The molecule has 0 bridgehead atoms. The van der Waals surface area contributed by atoms with Crippen LogP contribution in [0.1, 0.15) is 25.0 Å². The van der Waals surface area contributed by atoms with Crippen molar-refractivity contribution in [2.45, 2.75) is 32.3 Å². The average Bonchev–Trinajstić information content (AvgIpc) is 2.91. The van der Waals surface area contributed by atoms with Gasteiger partial charge in [-0.25, -0.2) is 0 Å². The summed E-state index contributed by atoms with van der Waals surface area (Å²) in [5.41, 5.74) is 3.29. The molecule has 1 aliphatic heterocycles. The van der Waals surface area contributed by atoms with Crippen molar-refractivity contribution >= 4 is 16.6 Å². The summed E-state index contributed by atoms with van der Waals surface area (Å²) in [6.45, 7) is 3.93. The summed E-state index contributed by atoms with van der Waals surface area (Å²) >= 11 is 0. The molecule has 3 nitrogen and oxygen atoms in total. The van der Waals surface area contributed by atoms with Crippen molar-refractivity contribution in [2.24, 2.45) is 0 Å². The molecule has 1 atom stereocenters. The SMILES string of the molecule is Cc1cc(NCCC2CCCO2)c2ccccc2n1. The molecule has 0 spiro atoms. The van der Waals surface area contributed by atoms with Crippen LogP contribution >= 0.6 is 0 Å². The third-order valence-corrected chi connectivity index (χ3v) is 3.65. The van der Waals surface area contributed by atoms with E-state index in [1.165, 1.54) is 23.9 Å². The van der Waals surface area contributed by atoms with E-state index in [9.17, 15) is 0 Å². The predicted octanol–water partition coefficient (Wildman–Crippen LogP) is 3.52. The Morgan fingerprint density at radius 3 is 3.11 bits per heavy atom. The predicted molar refractivity (Wildman–Crippen MR) is 78.6 cm³/mol. The third kappa shape index (κ3) is 2.87. The van der Waals surface area contributed by atoms with Gasteiger partial charge in [0.05, 0.1) is 11.6 Å². The fourth-order valence-electron chi connectivity index (χ4n) is 2.69. The molecule has 100 valence electrons. The minimum atomic E-state index is 0.446. The number of pyridine rings is 1. The van der Waals surface area contributed by atoms with Crippen LogP contribution in [0.3, 0.4) is 0 Å². The zero-order valence-electron chi connectivity index (χ0n) is 11.4. The molecule has 2 aromatic rings. The Labute approximate surface area is 114 Å². The molecule has 0 aliphatic carbocycles. The maximum absolute atomic E-state index is 5.65. The molecular weight excluding hydrogens is 236 g/mol. The molecule has 1 unspecified atom stereocenters. The van der Waals surface area contributed by atoms with Crippen LogP contribution in [0.2, 0.25) is 0 Å². The molecule has 1 saturated heterocycles. The Morgan fingerprint density at radius 2 is 2.26 bits per heavy atom. The summed E-state index contributed by atoms with van der Waals surface area (Å²) in [4.78, 5) is 4.56. The van der Waals surface area contributed by atoms with Crippen molar-refractivity contribution in [1.29, 1.82) is 0 Å². The molecule has 3 heteroatoms. The smallest absolute Gasteiger partial charge is 0.0725 e. The van der Waals surface area contributed by atoms with Gasteiger partial charge in [0.1, 0.15) is 0 Å². The van der Waals surface area contributed by atoms with Crippen LogP contribution in [0.25, 0.3) is 10.9 Å². The minimum Gasteiger partial charge on any atom is -0.384 e. The van der Waals surface area contributed by atoms with Crippen LogP contribution in [-0.4, -0.2) is 24.2 Å². The normalized spacial score (nSPS) is 18.9. The highest BCUT2D eigenvalue weighted by molar-refractivity contribution is 5.91. The van der Waals surface area contributed by atoms with Gasteiger partial charge in [0.2, 0.25) is 0 Å². The van der Waals surface area contributed by atoms with Gasteiger partial charge in [-0.15, -0.1) is 0 Å². The minimum absolute atomic E-state index is 0.446. The van der Waals surface area contributed by atoms with Crippen LogP contribution in [0.15, 0.2) is 30.3 Å². The molecule has 1 aromatic carbocycles. The highest BCUT2D eigenvalue weighted by atomic mass is 16.5. The van der Waals surface area contributed by atoms with Gasteiger partial charge in [-0.2, -0.15) is 0 Å². The van der Waals surface area contributed by atoms with Crippen molar-refractivity contribution in [2.75, 3.05) is 18.5 Å². The second-order valence-corrected chi connectivity index (χ2v) is 5.18. The lowest BCUT2D eigenvalue weighted by Crippen LogP contribution is -2.12. The quantitative estimate of drug-likeness (QED) is 0.908. The molecule has 1 aliphatic rings. The Bertz CT molecular complexity index is 562. The fraction of sp³-hybridized carbons (Fsp3) is 0.438. The van der Waals surface area contributed by atoms with E-state index < -0.39 is 0 Å². The van der Waals surface area contributed by atoms with Crippen LogP contribution in [0.5, 0.6) is 0 Å². The molecule has 1 fully saturated rings. The van der Waals surface area contributed by atoms with Gasteiger partial charge in [-0.05, 0) is 38.3 Å². The van der Waals surface area contributed by atoms with E-state index in [1.807, 2.05) is 13.0 Å². The van der Waals surface area contributed by atoms with Gasteiger partial charge in [-0.1, -0.05) is 18.2 Å². The number of hydrogen-bond acceptors (Lipinski definition) is 3. The van der Waals surface area contributed by atoms with E-state index in [2.05, 4.69) is 34.6 Å². The molecule has 1 aromatic heterocycles. The number of anilines is 1. The molecule has 19 heavy (non-hydrogen) atoms. The molecule has 1 N–H and O–H groups in total. The summed E-state index contributed by atoms with van der Waals surface area (Å²) < 4.78 is 5.65. The Balaban J connectivity index is 1.72. The number of ether oxygens (including phenoxy) is 1. The summed E-state index contributed by atoms with van der Waals surface area (Å²) in [6.07, 6.45) is 3.94. The average molecular weight is 256 g/mol. The number of para-hydroxylation sites is 1. The first-order valence-electron chi connectivity index (χ1n) is 7.05. The highest BCUT2D eigenvalue weighted by Gasteiger charge is 2.14. The second-order valence-electron chi connectivity index (χ2n) is 5.18. The number of rotatable bonds is 4. The van der Waals surface area contributed by atoms with Crippen LogP contribution in [0.4, 0.5) is 5.69 Å². The number of benzene rings is 1. The first kappa shape index (κ1) is 12.4. The van der Waals surface area contributed by atoms with E-state index in [0.29, 0.717) is 6.10 Å². The lowest BCUT2D eigenvalue weighted by Gasteiger charge is -2.13. The number of aromatic nitrogens is 1. The first-order valence-corrected chi connectivity index (χ1v) is 7.05. The molecule has 0 saturated carbocycles. The highest BCUT2D eigenvalue weighted by Crippen LogP contribution is 2.23. The van der Waals surface area contributed by atoms with E-state index >= 15 is 0 Å². The van der Waals surface area contributed by atoms with Crippen LogP contribution in [0, 0.1) is 6.92 Å². The Morgan fingerprint density at radius 1 is 1.37 bits per heavy atom. The lowest BCUT2D eigenvalue weighted by atomic mass is 10.1. The number of nitrogens with zero attached hydrogens (tertiary/aromatic N) is 1. The lowest BCUT2D eigenvalue weighted by molar-refractivity contribution is 0.107. The topological polar surface area (TPSA) is 34.1 Å². The summed E-state index contributed by atoms with van der Waals surface area (Å²) in [7, 11) is 0. The van der Waals surface area contributed by atoms with Crippen LogP contribution < -0.4 is 5.32 Å². The zero-order valence-corrected chi connectivity index (χ0v) is 11.4. The van der Waals surface area contributed by atoms with Gasteiger partial charge < -0.3 is 10.1 Å².